The number of halogens is 1. The summed E-state index contributed by atoms with van der Waals surface area (Å²) in [4.78, 5) is 25.6. The molecule has 1 atom stereocenters. The van der Waals surface area contributed by atoms with E-state index in [-0.39, 0.29) is 36.2 Å². The zero-order chi connectivity index (χ0) is 44.2. The molecule has 0 amide bonds. The summed E-state index contributed by atoms with van der Waals surface area (Å²) in [5.41, 5.74) is 19.5. The second kappa shape index (κ2) is 20.0. The average Bonchev–Trinajstić information content (AvgIpc) is 4.20. The maximum Gasteiger partial charge on any atom is 1.00 e. The summed E-state index contributed by atoms with van der Waals surface area (Å²) in [6.45, 7) is 7.34. The summed E-state index contributed by atoms with van der Waals surface area (Å²) < 4.78 is 0. The largest absolute Gasteiger partial charge is 1.00 e. The van der Waals surface area contributed by atoms with Gasteiger partial charge in [0.05, 0.1) is 5.41 Å². The van der Waals surface area contributed by atoms with Gasteiger partial charge in [-0.1, -0.05) is 203 Å². The first-order chi connectivity index (χ1) is 31.3. The van der Waals surface area contributed by atoms with Gasteiger partial charge >= 0.3 is 18.9 Å². The number of carbonyl (C=O) groups is 2. The van der Waals surface area contributed by atoms with E-state index in [1.165, 1.54) is 66.8 Å². The van der Waals surface area contributed by atoms with Crippen LogP contribution in [0, 0.1) is 5.41 Å². The smallest absolute Gasteiger partial charge is 0.872 e. The zero-order valence-electron chi connectivity index (χ0n) is 37.0. The summed E-state index contributed by atoms with van der Waals surface area (Å²) in [5.74, 6) is 0.732. The Labute approximate surface area is 404 Å². The summed E-state index contributed by atoms with van der Waals surface area (Å²) in [6, 6.07) is 49.3. The van der Waals surface area contributed by atoms with Crippen molar-refractivity contribution in [3.05, 3.63) is 266 Å². The number of ketones is 2. The first kappa shape index (κ1) is 45.5. The van der Waals surface area contributed by atoms with Crippen molar-refractivity contribution >= 4 is 45.4 Å². The number of fused-ring (bicyclic) bond motifs is 6. The summed E-state index contributed by atoms with van der Waals surface area (Å²) in [6.07, 6.45) is 14.9. The van der Waals surface area contributed by atoms with Crippen molar-refractivity contribution in [3.63, 3.8) is 0 Å². The van der Waals surface area contributed by atoms with Crippen LogP contribution >= 0.6 is 15.9 Å². The van der Waals surface area contributed by atoms with Crippen LogP contribution in [0.1, 0.15) is 82.8 Å². The molecule has 12 rings (SSSR count). The monoisotopic (exact) mass is 904 g/mol. The molecular formula is C60H50BrLiO3. The van der Waals surface area contributed by atoms with Crippen molar-refractivity contribution in [2.45, 2.75) is 51.4 Å². The van der Waals surface area contributed by atoms with E-state index < -0.39 is 5.41 Å². The van der Waals surface area contributed by atoms with Gasteiger partial charge in [-0.3, -0.25) is 9.59 Å². The van der Waals surface area contributed by atoms with Gasteiger partial charge in [0.1, 0.15) is 0 Å². The first-order valence-electron chi connectivity index (χ1n) is 22.2. The Morgan fingerprint density at radius 3 is 1.54 bits per heavy atom. The molecule has 0 aromatic heterocycles. The van der Waals surface area contributed by atoms with E-state index in [1.54, 1.807) is 6.08 Å². The van der Waals surface area contributed by atoms with Gasteiger partial charge in [0.15, 0.2) is 11.6 Å². The number of hydrogen-bond acceptors (Lipinski definition) is 3. The van der Waals surface area contributed by atoms with Gasteiger partial charge in [0.25, 0.3) is 0 Å². The van der Waals surface area contributed by atoms with Crippen molar-refractivity contribution in [1.29, 1.82) is 0 Å². The summed E-state index contributed by atoms with van der Waals surface area (Å²) in [5, 5.41) is 13.4. The number of alkyl halides is 1. The van der Waals surface area contributed by atoms with E-state index in [0.29, 0.717) is 6.42 Å². The van der Waals surface area contributed by atoms with Crippen LogP contribution < -0.4 is 24.0 Å². The predicted molar refractivity (Wildman–Crippen MR) is 264 cm³/mol. The van der Waals surface area contributed by atoms with Gasteiger partial charge in [-0.05, 0) is 112 Å². The van der Waals surface area contributed by atoms with E-state index in [0.717, 1.165) is 78.1 Å². The molecular weight excluding hydrogens is 856 g/mol. The molecule has 6 aromatic carbocycles. The molecule has 0 saturated carbocycles. The number of Topliss-reactive ketones (excluding diaryl/α,β-unsaturated/α-hetero) is 2. The molecule has 0 saturated heterocycles. The second-order valence-corrected chi connectivity index (χ2v) is 17.9. The molecule has 0 bridgehead atoms. The molecule has 0 fully saturated rings. The Morgan fingerprint density at radius 1 is 0.523 bits per heavy atom. The normalized spacial score (nSPS) is 17.6. The van der Waals surface area contributed by atoms with E-state index in [4.69, 9.17) is 0 Å². The van der Waals surface area contributed by atoms with Crippen LogP contribution in [0.2, 0.25) is 0 Å². The van der Waals surface area contributed by atoms with Crippen molar-refractivity contribution in [1.82, 2.24) is 0 Å². The number of rotatable bonds is 5. The summed E-state index contributed by atoms with van der Waals surface area (Å²) >= 11 is 3.13. The maximum atomic E-state index is 13.2. The van der Waals surface area contributed by atoms with Crippen molar-refractivity contribution < 1.29 is 33.6 Å². The number of carbonyl (C=O) groups excluding carboxylic acids is 2. The molecule has 0 heterocycles. The molecule has 0 radical (unpaired) electrons. The van der Waals surface area contributed by atoms with E-state index in [9.17, 15) is 14.7 Å². The molecule has 65 heavy (non-hydrogen) atoms. The average molecular weight is 906 g/mol. The van der Waals surface area contributed by atoms with Gasteiger partial charge in [0.2, 0.25) is 0 Å². The van der Waals surface area contributed by atoms with Crippen LogP contribution in [0.5, 0.6) is 0 Å². The first-order valence-corrected chi connectivity index (χ1v) is 23.3. The van der Waals surface area contributed by atoms with Gasteiger partial charge in [0, 0.05) is 28.5 Å². The van der Waals surface area contributed by atoms with Crippen LogP contribution in [0.25, 0.3) is 17.9 Å². The maximum absolute atomic E-state index is 13.2. The van der Waals surface area contributed by atoms with Crippen LogP contribution in [-0.2, 0) is 44.9 Å². The Bertz CT molecular complexity index is 2950. The van der Waals surface area contributed by atoms with Crippen LogP contribution in [0.4, 0.5) is 0 Å². The SMILES string of the molecule is C=CCBr.C=CCC1(C2=Cc3ccccc3C2)Cc2ccccc2C1=O.O=C1C(=C2Cc3ccccc3C2)Cc2ccccc21.[Li+].[O-]C1=C(C2=Cc3ccccc3C2)Cc2ccccc21. The minimum atomic E-state index is -0.426. The number of hydrogen-bond donors (Lipinski definition) is 0. The quantitative estimate of drug-likeness (QED) is 0.0750. The standard InChI is InChI=1S/C21H18O.2C18H14O.C3H5Br.Li/c1-2-11-21(14-17-9-5-6-10-19(17)20(21)22)18-12-15-7-3-4-8-16(15)13-18;2*19-18-16-8-4-3-7-14(16)11-17(18)15-9-12-5-1-2-6-13(12)10-15;1-2-3-4;/h2-10,12H,1,11,13-14H2;1-8H,9-11H2;1-9,19H,10-11H2;2H,1,3H2;/q;;;;+1/p-1. The van der Waals surface area contributed by atoms with Crippen LogP contribution in [0.3, 0.4) is 0 Å². The fourth-order valence-corrected chi connectivity index (χ4v) is 10.3. The molecule has 6 aromatic rings. The molecule has 3 nitrogen and oxygen atoms in total. The summed E-state index contributed by atoms with van der Waals surface area (Å²) in [7, 11) is 0. The van der Waals surface area contributed by atoms with Gasteiger partial charge in [-0.2, -0.15) is 0 Å². The van der Waals surface area contributed by atoms with E-state index in [2.05, 4.69) is 126 Å². The Kier molecular flexibility index (Phi) is 14.0. The Balaban J connectivity index is 0.000000127. The molecule has 0 N–H and O–H groups in total. The third-order valence-corrected chi connectivity index (χ3v) is 13.9. The Hall–Kier alpha value is -6.02. The number of benzene rings is 6. The zero-order valence-corrected chi connectivity index (χ0v) is 38.6. The van der Waals surface area contributed by atoms with Crippen LogP contribution in [-0.4, -0.2) is 16.9 Å². The van der Waals surface area contributed by atoms with Gasteiger partial charge in [-0.15, -0.1) is 13.2 Å². The minimum Gasteiger partial charge on any atom is -0.872 e. The Morgan fingerprint density at radius 2 is 1.00 bits per heavy atom. The fourth-order valence-electron chi connectivity index (χ4n) is 10.3. The van der Waals surface area contributed by atoms with Crippen LogP contribution in [0.15, 0.2) is 199 Å². The van der Waals surface area contributed by atoms with E-state index >= 15 is 0 Å². The molecule has 5 heteroatoms. The van der Waals surface area contributed by atoms with E-state index in [1.807, 2.05) is 66.7 Å². The fraction of sp³-hybridized carbons (Fsp3) is 0.167. The minimum absolute atomic E-state index is 0. The van der Waals surface area contributed by atoms with Gasteiger partial charge in [-0.25, -0.2) is 0 Å². The predicted octanol–water partition coefficient (Wildman–Crippen LogP) is 9.67. The third kappa shape index (κ3) is 9.01. The molecule has 316 valence electrons. The molecule has 0 spiro atoms. The van der Waals surface area contributed by atoms with Crippen molar-refractivity contribution in [2.75, 3.05) is 5.33 Å². The molecule has 0 aliphatic heterocycles. The molecule has 6 aliphatic rings. The molecule has 6 aliphatic carbocycles. The number of allylic oxidation sites excluding steroid dienone is 7. The molecule has 1 unspecified atom stereocenters. The van der Waals surface area contributed by atoms with Gasteiger partial charge < -0.3 is 5.11 Å². The topological polar surface area (TPSA) is 57.2 Å². The van der Waals surface area contributed by atoms with Crippen molar-refractivity contribution in [3.8, 4) is 0 Å². The van der Waals surface area contributed by atoms with Crippen molar-refractivity contribution in [2.24, 2.45) is 5.41 Å². The third-order valence-electron chi connectivity index (χ3n) is 13.5. The second-order valence-electron chi connectivity index (χ2n) is 17.3.